The molecular weight excluding hydrogens is 392 g/mol. The van der Waals surface area contributed by atoms with E-state index in [1.54, 1.807) is 24.4 Å². The van der Waals surface area contributed by atoms with E-state index in [0.717, 1.165) is 22.2 Å². The van der Waals surface area contributed by atoms with Gasteiger partial charge in [0, 0.05) is 24.0 Å². The van der Waals surface area contributed by atoms with Gasteiger partial charge in [0.05, 0.1) is 19.0 Å². The number of hydrogen-bond acceptors (Lipinski definition) is 5. The Morgan fingerprint density at radius 1 is 0.968 bits per heavy atom. The van der Waals surface area contributed by atoms with Crippen LogP contribution in [0.2, 0.25) is 0 Å². The van der Waals surface area contributed by atoms with Gasteiger partial charge in [0.1, 0.15) is 11.3 Å². The summed E-state index contributed by atoms with van der Waals surface area (Å²) in [5.74, 6) is -0.523. The van der Waals surface area contributed by atoms with E-state index in [1.807, 2.05) is 42.5 Å². The molecule has 7 nitrogen and oxygen atoms in total. The highest BCUT2D eigenvalue weighted by molar-refractivity contribution is 5.94. The quantitative estimate of drug-likeness (QED) is 0.399. The molecule has 2 aromatic carbocycles. The number of rotatable bonds is 7. The van der Waals surface area contributed by atoms with Crippen LogP contribution in [0.4, 0.5) is 5.69 Å². The van der Waals surface area contributed by atoms with Gasteiger partial charge in [-0.3, -0.25) is 4.79 Å². The van der Waals surface area contributed by atoms with Gasteiger partial charge >= 0.3 is 5.97 Å². The minimum atomic E-state index is -0.427. The van der Waals surface area contributed by atoms with Gasteiger partial charge in [-0.2, -0.15) is 0 Å². The number of fused-ring (bicyclic) bond motifs is 1. The summed E-state index contributed by atoms with van der Waals surface area (Å²) in [5, 5.41) is 7.11. The second-order valence-corrected chi connectivity index (χ2v) is 7.06. The van der Waals surface area contributed by atoms with Gasteiger partial charge in [0.2, 0.25) is 0 Å². The first-order chi connectivity index (χ1) is 15.1. The Morgan fingerprint density at radius 3 is 2.52 bits per heavy atom. The highest BCUT2D eigenvalue weighted by Gasteiger charge is 2.10. The van der Waals surface area contributed by atoms with Crippen LogP contribution in [-0.4, -0.2) is 29.0 Å². The maximum absolute atomic E-state index is 12.2. The predicted molar refractivity (Wildman–Crippen MR) is 119 cm³/mol. The number of aromatic nitrogens is 2. The van der Waals surface area contributed by atoms with Crippen molar-refractivity contribution in [3.63, 3.8) is 0 Å². The lowest BCUT2D eigenvalue weighted by Gasteiger charge is -2.09. The molecule has 0 saturated carbocycles. The van der Waals surface area contributed by atoms with Gasteiger partial charge in [-0.05, 0) is 35.4 Å². The van der Waals surface area contributed by atoms with Crippen molar-refractivity contribution < 1.29 is 14.3 Å². The highest BCUT2D eigenvalue weighted by atomic mass is 16.5. The fourth-order valence-electron chi connectivity index (χ4n) is 3.26. The first-order valence-corrected chi connectivity index (χ1v) is 9.84. The number of benzene rings is 2. The van der Waals surface area contributed by atoms with Crippen LogP contribution in [-0.2, 0) is 17.8 Å². The second-order valence-electron chi connectivity index (χ2n) is 7.06. The molecule has 2 heterocycles. The molecular formula is C24H22N4O3. The predicted octanol–water partition coefficient (Wildman–Crippen LogP) is 3.89. The van der Waals surface area contributed by atoms with Crippen molar-refractivity contribution >= 4 is 28.6 Å². The van der Waals surface area contributed by atoms with Crippen LogP contribution in [0, 0.1) is 0 Å². The molecule has 0 saturated heterocycles. The first-order valence-electron chi connectivity index (χ1n) is 9.84. The molecule has 7 heteroatoms. The summed E-state index contributed by atoms with van der Waals surface area (Å²) in [5.41, 5.74) is 4.57. The largest absolute Gasteiger partial charge is 0.464 e. The average molecular weight is 414 g/mol. The van der Waals surface area contributed by atoms with E-state index >= 15 is 0 Å². The SMILES string of the molecule is COC(=O)c1cc2cc(NCc3cccc(CNC(=O)c4ccccc4)c3)cnc2[nH]1. The maximum atomic E-state index is 12.2. The lowest BCUT2D eigenvalue weighted by Crippen LogP contribution is -2.22. The summed E-state index contributed by atoms with van der Waals surface area (Å²) >= 11 is 0. The molecule has 0 fully saturated rings. The van der Waals surface area contributed by atoms with Crippen LogP contribution in [0.5, 0.6) is 0 Å². The second kappa shape index (κ2) is 9.13. The third-order valence-corrected chi connectivity index (χ3v) is 4.85. The summed E-state index contributed by atoms with van der Waals surface area (Å²) < 4.78 is 4.73. The highest BCUT2D eigenvalue weighted by Crippen LogP contribution is 2.19. The number of ether oxygens (including phenoxy) is 1. The van der Waals surface area contributed by atoms with Gasteiger partial charge in [-0.25, -0.2) is 9.78 Å². The van der Waals surface area contributed by atoms with Crippen molar-refractivity contribution in [3.8, 4) is 0 Å². The molecule has 0 aliphatic carbocycles. The molecule has 0 atom stereocenters. The summed E-state index contributed by atoms with van der Waals surface area (Å²) in [7, 11) is 1.34. The number of amides is 1. The number of anilines is 1. The molecule has 2 aromatic heterocycles. The fraction of sp³-hybridized carbons (Fsp3) is 0.125. The third-order valence-electron chi connectivity index (χ3n) is 4.85. The average Bonchev–Trinajstić information content (AvgIpc) is 3.25. The number of hydrogen-bond donors (Lipinski definition) is 3. The van der Waals surface area contributed by atoms with Crippen LogP contribution in [0.15, 0.2) is 72.9 Å². The molecule has 156 valence electrons. The lowest BCUT2D eigenvalue weighted by molar-refractivity contribution is 0.0595. The van der Waals surface area contributed by atoms with Gasteiger partial charge in [-0.1, -0.05) is 42.5 Å². The van der Waals surface area contributed by atoms with E-state index in [-0.39, 0.29) is 5.91 Å². The number of esters is 1. The Kier molecular flexibility index (Phi) is 5.93. The van der Waals surface area contributed by atoms with Crippen molar-refractivity contribution in [1.82, 2.24) is 15.3 Å². The van der Waals surface area contributed by atoms with Crippen LogP contribution >= 0.6 is 0 Å². The number of carbonyl (C=O) groups is 2. The molecule has 0 bridgehead atoms. The van der Waals surface area contributed by atoms with E-state index in [2.05, 4.69) is 26.7 Å². The fourth-order valence-corrected chi connectivity index (χ4v) is 3.26. The Hall–Kier alpha value is -4.13. The van der Waals surface area contributed by atoms with Gasteiger partial charge in [-0.15, -0.1) is 0 Å². The van der Waals surface area contributed by atoms with Crippen molar-refractivity contribution in [3.05, 3.63) is 95.3 Å². The number of H-pyrrole nitrogens is 1. The molecule has 31 heavy (non-hydrogen) atoms. The zero-order valence-corrected chi connectivity index (χ0v) is 17.0. The van der Waals surface area contributed by atoms with E-state index < -0.39 is 5.97 Å². The Morgan fingerprint density at radius 2 is 1.74 bits per heavy atom. The molecule has 0 aliphatic rings. The Bertz CT molecular complexity index is 1220. The van der Waals surface area contributed by atoms with E-state index in [1.165, 1.54) is 7.11 Å². The molecule has 0 unspecified atom stereocenters. The van der Waals surface area contributed by atoms with Gasteiger partial charge in [0.15, 0.2) is 0 Å². The summed E-state index contributed by atoms with van der Waals surface area (Å²) in [6.07, 6.45) is 1.71. The smallest absolute Gasteiger partial charge is 0.354 e. The molecule has 0 spiro atoms. The summed E-state index contributed by atoms with van der Waals surface area (Å²) in [6, 6.07) is 20.8. The minimum absolute atomic E-state index is 0.0960. The number of carbonyl (C=O) groups excluding carboxylic acids is 2. The monoisotopic (exact) mass is 414 g/mol. The van der Waals surface area contributed by atoms with E-state index in [4.69, 9.17) is 4.74 Å². The maximum Gasteiger partial charge on any atom is 0.354 e. The lowest BCUT2D eigenvalue weighted by atomic mass is 10.1. The number of aromatic amines is 1. The Labute approximate surface area is 179 Å². The van der Waals surface area contributed by atoms with Crippen LogP contribution < -0.4 is 10.6 Å². The van der Waals surface area contributed by atoms with Gasteiger partial charge in [0.25, 0.3) is 5.91 Å². The van der Waals surface area contributed by atoms with Crippen molar-refractivity contribution in [2.75, 3.05) is 12.4 Å². The van der Waals surface area contributed by atoms with Crippen LogP contribution in [0.1, 0.15) is 32.0 Å². The number of methoxy groups -OCH3 is 1. The minimum Gasteiger partial charge on any atom is -0.464 e. The molecule has 4 rings (SSSR count). The van der Waals surface area contributed by atoms with Crippen LogP contribution in [0.3, 0.4) is 0 Å². The number of nitrogens with zero attached hydrogens (tertiary/aromatic N) is 1. The standard InChI is InChI=1S/C24H22N4O3/c1-31-24(30)21-12-19-11-20(15-26-22(19)28-21)25-13-16-6-5-7-17(10-16)14-27-23(29)18-8-3-2-4-9-18/h2-12,15,25H,13-14H2,1H3,(H,26,28)(H,27,29). The van der Waals surface area contributed by atoms with Crippen molar-refractivity contribution in [2.45, 2.75) is 13.1 Å². The first kappa shape index (κ1) is 20.2. The number of nitrogens with one attached hydrogen (secondary N) is 3. The zero-order valence-electron chi connectivity index (χ0n) is 17.0. The third kappa shape index (κ3) is 4.90. The summed E-state index contributed by atoms with van der Waals surface area (Å²) in [6.45, 7) is 1.05. The molecule has 4 aromatic rings. The van der Waals surface area contributed by atoms with E-state index in [9.17, 15) is 9.59 Å². The van der Waals surface area contributed by atoms with Crippen molar-refractivity contribution in [1.29, 1.82) is 0 Å². The number of pyridine rings is 1. The summed E-state index contributed by atoms with van der Waals surface area (Å²) in [4.78, 5) is 31.2. The van der Waals surface area contributed by atoms with Crippen LogP contribution in [0.25, 0.3) is 11.0 Å². The Balaban J connectivity index is 1.37. The molecule has 1 amide bonds. The zero-order chi connectivity index (χ0) is 21.6. The molecule has 3 N–H and O–H groups in total. The normalized spacial score (nSPS) is 10.6. The van der Waals surface area contributed by atoms with E-state index in [0.29, 0.717) is 30.0 Å². The van der Waals surface area contributed by atoms with Crippen molar-refractivity contribution in [2.24, 2.45) is 0 Å². The molecule has 0 radical (unpaired) electrons. The topological polar surface area (TPSA) is 96.1 Å². The van der Waals surface area contributed by atoms with Gasteiger partial charge < -0.3 is 20.4 Å². The molecule has 0 aliphatic heterocycles.